The van der Waals surface area contributed by atoms with E-state index in [1.807, 2.05) is 61.7 Å². The van der Waals surface area contributed by atoms with Gasteiger partial charge in [-0.25, -0.2) is 0 Å². The molecule has 0 unspecified atom stereocenters. The van der Waals surface area contributed by atoms with E-state index >= 15 is 0 Å². The molecule has 0 fully saturated rings. The number of ether oxygens (including phenoxy) is 1. The van der Waals surface area contributed by atoms with Gasteiger partial charge in [-0.05, 0) is 54.7 Å². The number of para-hydroxylation sites is 1. The average Bonchev–Trinajstić information content (AvgIpc) is 2.61. The lowest BCUT2D eigenvalue weighted by Crippen LogP contribution is -2.36. The van der Waals surface area contributed by atoms with Gasteiger partial charge in [-0.1, -0.05) is 30.3 Å². The maximum atomic E-state index is 12.2. The Bertz CT molecular complexity index is 668. The predicted molar refractivity (Wildman–Crippen MR) is 109 cm³/mol. The number of benzene rings is 2. The molecule has 3 N–H and O–H groups in total. The number of thioether (sulfide) groups is 1. The Hall–Kier alpha value is -1.69. The van der Waals surface area contributed by atoms with Crippen molar-refractivity contribution in [3.05, 3.63) is 59.7 Å². The molecule has 0 spiro atoms. The third-order valence-corrected chi connectivity index (χ3v) is 4.46. The number of anilines is 1. The molecule has 6 heteroatoms. The Kier molecular flexibility index (Phi) is 9.42. The summed E-state index contributed by atoms with van der Waals surface area (Å²) in [4.78, 5) is 12.2. The number of rotatable bonds is 8. The number of hydrogen-bond acceptors (Lipinski definition) is 4. The van der Waals surface area contributed by atoms with Gasteiger partial charge in [0.25, 0.3) is 0 Å². The fourth-order valence-electron chi connectivity index (χ4n) is 2.25. The summed E-state index contributed by atoms with van der Waals surface area (Å²) in [5, 5.41) is 2.93. The van der Waals surface area contributed by atoms with Crippen molar-refractivity contribution in [3.63, 3.8) is 0 Å². The smallest absolute Gasteiger partial charge is 0.241 e. The van der Waals surface area contributed by atoms with Gasteiger partial charge in [-0.15, -0.1) is 12.4 Å². The minimum absolute atomic E-state index is 0. The van der Waals surface area contributed by atoms with Crippen LogP contribution < -0.4 is 15.8 Å². The molecular formula is C19H25ClN2O2S. The minimum Gasteiger partial charge on any atom is -0.489 e. The second-order valence-electron chi connectivity index (χ2n) is 5.57. The zero-order valence-corrected chi connectivity index (χ0v) is 16.2. The van der Waals surface area contributed by atoms with Crippen molar-refractivity contribution in [1.82, 2.24) is 0 Å². The van der Waals surface area contributed by atoms with E-state index in [-0.39, 0.29) is 18.3 Å². The first-order chi connectivity index (χ1) is 11.6. The minimum atomic E-state index is -0.485. The van der Waals surface area contributed by atoms with Crippen LogP contribution in [0.1, 0.15) is 17.5 Å². The summed E-state index contributed by atoms with van der Waals surface area (Å²) in [7, 11) is 0. The van der Waals surface area contributed by atoms with Crippen LogP contribution in [-0.4, -0.2) is 24.0 Å². The molecule has 2 rings (SSSR count). The molecule has 0 radical (unpaired) electrons. The van der Waals surface area contributed by atoms with Crippen molar-refractivity contribution >= 4 is 35.8 Å². The molecule has 4 nitrogen and oxygen atoms in total. The van der Waals surface area contributed by atoms with Gasteiger partial charge in [-0.3, -0.25) is 4.79 Å². The summed E-state index contributed by atoms with van der Waals surface area (Å²) >= 11 is 1.69. The fourth-order valence-corrected chi connectivity index (χ4v) is 2.74. The van der Waals surface area contributed by atoms with Crippen molar-refractivity contribution < 1.29 is 9.53 Å². The van der Waals surface area contributed by atoms with E-state index in [2.05, 4.69) is 5.32 Å². The number of nitrogens with one attached hydrogen (secondary N) is 1. The first kappa shape index (κ1) is 21.4. The molecule has 1 amide bonds. The third-order valence-electron chi connectivity index (χ3n) is 3.81. The molecular weight excluding hydrogens is 356 g/mol. The van der Waals surface area contributed by atoms with Crippen LogP contribution in [0.2, 0.25) is 0 Å². The zero-order valence-electron chi connectivity index (χ0n) is 14.5. The quantitative estimate of drug-likeness (QED) is 0.726. The van der Waals surface area contributed by atoms with Gasteiger partial charge in [0, 0.05) is 5.69 Å². The van der Waals surface area contributed by atoms with Crippen molar-refractivity contribution in [3.8, 4) is 5.75 Å². The lowest BCUT2D eigenvalue weighted by atomic mass is 10.1. The Balaban J connectivity index is 0.00000312. The van der Waals surface area contributed by atoms with Crippen molar-refractivity contribution in [2.45, 2.75) is 26.0 Å². The van der Waals surface area contributed by atoms with Gasteiger partial charge in [-0.2, -0.15) is 11.8 Å². The van der Waals surface area contributed by atoms with Crippen LogP contribution in [0.5, 0.6) is 5.75 Å². The number of carbonyl (C=O) groups is 1. The largest absolute Gasteiger partial charge is 0.489 e. The van der Waals surface area contributed by atoms with Gasteiger partial charge >= 0.3 is 0 Å². The van der Waals surface area contributed by atoms with E-state index in [0.29, 0.717) is 13.0 Å². The first-order valence-electron chi connectivity index (χ1n) is 7.93. The maximum Gasteiger partial charge on any atom is 0.241 e. The van der Waals surface area contributed by atoms with E-state index in [1.54, 1.807) is 11.8 Å². The van der Waals surface area contributed by atoms with Crippen LogP contribution >= 0.6 is 24.2 Å². The molecule has 0 saturated heterocycles. The lowest BCUT2D eigenvalue weighted by Gasteiger charge is -2.16. The highest BCUT2D eigenvalue weighted by molar-refractivity contribution is 7.98. The molecule has 0 heterocycles. The molecule has 1 atom stereocenters. The van der Waals surface area contributed by atoms with Crippen LogP contribution in [0.3, 0.4) is 0 Å². The van der Waals surface area contributed by atoms with Crippen LogP contribution in [0.25, 0.3) is 0 Å². The Labute approximate surface area is 159 Å². The summed E-state index contributed by atoms with van der Waals surface area (Å²) in [6.45, 7) is 2.44. The number of halogens is 1. The highest BCUT2D eigenvalue weighted by atomic mass is 35.5. The SMILES string of the molecule is CSCC[C@H](N)C(=O)Nc1cccc(COc2ccccc2)c1C.Cl. The topological polar surface area (TPSA) is 64.4 Å². The maximum absolute atomic E-state index is 12.2. The molecule has 2 aromatic rings. The molecule has 0 aromatic heterocycles. The number of carbonyl (C=O) groups excluding carboxylic acids is 1. The average molecular weight is 381 g/mol. The summed E-state index contributed by atoms with van der Waals surface area (Å²) in [5.74, 6) is 1.55. The third kappa shape index (κ3) is 6.61. The van der Waals surface area contributed by atoms with Crippen LogP contribution in [0.15, 0.2) is 48.5 Å². The summed E-state index contributed by atoms with van der Waals surface area (Å²) in [6, 6.07) is 15.0. The molecule has 136 valence electrons. The molecule has 0 aliphatic carbocycles. The highest BCUT2D eigenvalue weighted by Gasteiger charge is 2.14. The van der Waals surface area contributed by atoms with E-state index in [9.17, 15) is 4.79 Å². The van der Waals surface area contributed by atoms with Crippen LogP contribution in [0, 0.1) is 6.92 Å². The van der Waals surface area contributed by atoms with E-state index in [1.165, 1.54) is 0 Å². The van der Waals surface area contributed by atoms with E-state index in [4.69, 9.17) is 10.5 Å². The first-order valence-corrected chi connectivity index (χ1v) is 9.33. The Morgan fingerprint density at radius 2 is 1.92 bits per heavy atom. The number of nitrogens with two attached hydrogens (primary N) is 1. The summed E-state index contributed by atoms with van der Waals surface area (Å²) < 4.78 is 5.79. The number of amides is 1. The predicted octanol–water partition coefficient (Wildman–Crippen LogP) is 4.01. The summed E-state index contributed by atoms with van der Waals surface area (Å²) in [6.07, 6.45) is 2.67. The van der Waals surface area contributed by atoms with Crippen LogP contribution in [0.4, 0.5) is 5.69 Å². The summed E-state index contributed by atoms with van der Waals surface area (Å²) in [5.41, 5.74) is 8.75. The lowest BCUT2D eigenvalue weighted by molar-refractivity contribution is -0.117. The van der Waals surface area contributed by atoms with Gasteiger partial charge < -0.3 is 15.8 Å². The van der Waals surface area contributed by atoms with Gasteiger partial charge in [0.15, 0.2) is 0 Å². The fraction of sp³-hybridized carbons (Fsp3) is 0.316. The molecule has 25 heavy (non-hydrogen) atoms. The van der Waals surface area contributed by atoms with Gasteiger partial charge in [0.2, 0.25) is 5.91 Å². The number of hydrogen-bond donors (Lipinski definition) is 2. The molecule has 0 saturated carbocycles. The normalized spacial score (nSPS) is 11.3. The van der Waals surface area contributed by atoms with Crippen molar-refractivity contribution in [1.29, 1.82) is 0 Å². The Morgan fingerprint density at radius 1 is 1.20 bits per heavy atom. The van der Waals surface area contributed by atoms with E-state index < -0.39 is 6.04 Å². The zero-order chi connectivity index (χ0) is 17.4. The van der Waals surface area contributed by atoms with Gasteiger partial charge in [0.1, 0.15) is 12.4 Å². The van der Waals surface area contributed by atoms with Crippen molar-refractivity contribution in [2.75, 3.05) is 17.3 Å². The molecule has 0 aliphatic rings. The van der Waals surface area contributed by atoms with Crippen molar-refractivity contribution in [2.24, 2.45) is 5.73 Å². The second kappa shape index (κ2) is 11.0. The van der Waals surface area contributed by atoms with E-state index in [0.717, 1.165) is 28.3 Å². The Morgan fingerprint density at radius 3 is 2.60 bits per heavy atom. The molecule has 2 aromatic carbocycles. The van der Waals surface area contributed by atoms with Gasteiger partial charge in [0.05, 0.1) is 6.04 Å². The monoisotopic (exact) mass is 380 g/mol. The standard InChI is InChI=1S/C19H24N2O2S.ClH/c1-14-15(13-23-16-8-4-3-5-9-16)7-6-10-18(14)21-19(22)17(20)11-12-24-2;/h3-10,17H,11-13,20H2,1-2H3,(H,21,22);1H/t17-;/m0./s1. The molecule has 0 aliphatic heterocycles. The highest BCUT2D eigenvalue weighted by Crippen LogP contribution is 2.21. The molecule has 0 bridgehead atoms. The van der Waals surface area contributed by atoms with Crippen LogP contribution in [-0.2, 0) is 11.4 Å². The second-order valence-corrected chi connectivity index (χ2v) is 6.55.